The molecule has 0 saturated carbocycles. The maximum absolute atomic E-state index is 11.9. The van der Waals surface area contributed by atoms with Gasteiger partial charge >= 0.3 is 0 Å². The van der Waals surface area contributed by atoms with Crippen LogP contribution in [-0.4, -0.2) is 66.4 Å². The molecule has 0 aromatic carbocycles. The van der Waals surface area contributed by atoms with Crippen LogP contribution in [0.2, 0.25) is 0 Å². The van der Waals surface area contributed by atoms with Gasteiger partial charge in [-0.05, 0) is 18.9 Å². The third-order valence-electron chi connectivity index (χ3n) is 4.61. The van der Waals surface area contributed by atoms with E-state index in [1.807, 2.05) is 26.4 Å². The molecule has 0 N–H and O–H groups in total. The molecular formula is C15H23N3O2. The standard InChI is InChI=1S/C15H23N3O2/c1-16(2)15(19)10-18-7-4-13-14(18)3-6-17(13)9-12-5-8-20-11-12/h5,8,11,13-14H,3-4,6-7,9-10H2,1-2H3/t13-,14+/m1/s1. The fourth-order valence-corrected chi connectivity index (χ4v) is 3.49. The molecule has 3 rings (SSSR count). The van der Waals surface area contributed by atoms with E-state index in [1.54, 1.807) is 11.2 Å². The summed E-state index contributed by atoms with van der Waals surface area (Å²) in [6, 6.07) is 3.18. The van der Waals surface area contributed by atoms with Crippen molar-refractivity contribution in [1.29, 1.82) is 0 Å². The lowest BCUT2D eigenvalue weighted by molar-refractivity contribution is -0.130. The molecule has 5 heteroatoms. The van der Waals surface area contributed by atoms with Crippen LogP contribution < -0.4 is 0 Å². The minimum absolute atomic E-state index is 0.207. The highest BCUT2D eigenvalue weighted by Gasteiger charge is 2.42. The zero-order valence-corrected chi connectivity index (χ0v) is 12.3. The predicted molar refractivity (Wildman–Crippen MR) is 76.2 cm³/mol. The maximum atomic E-state index is 11.9. The molecule has 2 aliphatic rings. The highest BCUT2D eigenvalue weighted by molar-refractivity contribution is 5.77. The Morgan fingerprint density at radius 3 is 2.65 bits per heavy atom. The van der Waals surface area contributed by atoms with Crippen molar-refractivity contribution >= 4 is 5.91 Å². The second kappa shape index (κ2) is 5.58. The number of likely N-dealkylation sites (tertiary alicyclic amines) is 2. The van der Waals surface area contributed by atoms with Gasteiger partial charge in [-0.15, -0.1) is 0 Å². The second-order valence-corrected chi connectivity index (χ2v) is 6.07. The van der Waals surface area contributed by atoms with Crippen LogP contribution in [0, 0.1) is 0 Å². The topological polar surface area (TPSA) is 39.9 Å². The van der Waals surface area contributed by atoms with Crippen molar-refractivity contribution < 1.29 is 9.21 Å². The molecule has 0 radical (unpaired) electrons. The van der Waals surface area contributed by atoms with E-state index < -0.39 is 0 Å². The van der Waals surface area contributed by atoms with Crippen LogP contribution in [0.1, 0.15) is 18.4 Å². The Kier molecular flexibility index (Phi) is 3.81. The van der Waals surface area contributed by atoms with Gasteiger partial charge in [0.1, 0.15) is 0 Å². The molecule has 2 fully saturated rings. The van der Waals surface area contributed by atoms with Gasteiger partial charge < -0.3 is 9.32 Å². The third kappa shape index (κ3) is 2.60. The quantitative estimate of drug-likeness (QED) is 0.824. The highest BCUT2D eigenvalue weighted by atomic mass is 16.3. The van der Waals surface area contributed by atoms with Gasteiger partial charge in [-0.1, -0.05) is 0 Å². The fourth-order valence-electron chi connectivity index (χ4n) is 3.49. The Bertz CT molecular complexity index is 458. The molecule has 2 saturated heterocycles. The Balaban J connectivity index is 1.59. The van der Waals surface area contributed by atoms with Crippen LogP contribution in [0.4, 0.5) is 0 Å². The summed E-state index contributed by atoms with van der Waals surface area (Å²) < 4.78 is 5.15. The first-order valence-corrected chi connectivity index (χ1v) is 7.34. The minimum atomic E-state index is 0.207. The van der Waals surface area contributed by atoms with Crippen LogP contribution >= 0.6 is 0 Å². The van der Waals surface area contributed by atoms with E-state index in [0.29, 0.717) is 18.6 Å². The van der Waals surface area contributed by atoms with Crippen LogP contribution in [-0.2, 0) is 11.3 Å². The summed E-state index contributed by atoms with van der Waals surface area (Å²) in [4.78, 5) is 18.5. The molecule has 0 bridgehead atoms. The lowest BCUT2D eigenvalue weighted by atomic mass is 10.1. The fraction of sp³-hybridized carbons (Fsp3) is 0.667. The summed E-state index contributed by atoms with van der Waals surface area (Å²) in [5.41, 5.74) is 1.24. The van der Waals surface area contributed by atoms with Crippen LogP contribution in [0.3, 0.4) is 0 Å². The van der Waals surface area contributed by atoms with Crippen molar-refractivity contribution in [3.8, 4) is 0 Å². The first-order chi connectivity index (χ1) is 9.65. The van der Waals surface area contributed by atoms with Crippen molar-refractivity contribution in [1.82, 2.24) is 14.7 Å². The first-order valence-electron chi connectivity index (χ1n) is 7.34. The molecule has 0 spiro atoms. The molecular weight excluding hydrogens is 254 g/mol. The molecule has 20 heavy (non-hydrogen) atoms. The number of fused-ring (bicyclic) bond motifs is 1. The number of hydrogen-bond donors (Lipinski definition) is 0. The summed E-state index contributed by atoms with van der Waals surface area (Å²) in [6.07, 6.45) is 5.90. The van der Waals surface area contributed by atoms with Gasteiger partial charge in [0, 0.05) is 51.4 Å². The van der Waals surface area contributed by atoms with Gasteiger partial charge in [0.05, 0.1) is 19.1 Å². The van der Waals surface area contributed by atoms with E-state index in [1.165, 1.54) is 18.4 Å². The monoisotopic (exact) mass is 277 g/mol. The van der Waals surface area contributed by atoms with Crippen molar-refractivity contribution in [2.75, 3.05) is 33.7 Å². The van der Waals surface area contributed by atoms with E-state index in [-0.39, 0.29) is 5.91 Å². The van der Waals surface area contributed by atoms with Crippen molar-refractivity contribution in [2.45, 2.75) is 31.5 Å². The van der Waals surface area contributed by atoms with Crippen LogP contribution in [0.5, 0.6) is 0 Å². The number of rotatable bonds is 4. The smallest absolute Gasteiger partial charge is 0.236 e. The molecule has 0 unspecified atom stereocenters. The van der Waals surface area contributed by atoms with Gasteiger partial charge in [-0.25, -0.2) is 0 Å². The Morgan fingerprint density at radius 1 is 1.30 bits per heavy atom. The molecule has 3 heterocycles. The Morgan fingerprint density at radius 2 is 2.00 bits per heavy atom. The van der Waals surface area contributed by atoms with E-state index in [0.717, 1.165) is 19.6 Å². The SMILES string of the molecule is CN(C)C(=O)CN1CC[C@@H]2[C@@H]1CCN2Cc1ccoc1. The first kappa shape index (κ1) is 13.6. The van der Waals surface area contributed by atoms with Crippen molar-refractivity contribution in [3.63, 3.8) is 0 Å². The van der Waals surface area contributed by atoms with Gasteiger partial charge in [-0.2, -0.15) is 0 Å². The average Bonchev–Trinajstić information content (AvgIpc) is 3.10. The second-order valence-electron chi connectivity index (χ2n) is 6.07. The number of carbonyl (C=O) groups excluding carboxylic acids is 1. The zero-order valence-electron chi connectivity index (χ0n) is 12.3. The number of furan rings is 1. The van der Waals surface area contributed by atoms with Crippen molar-refractivity contribution in [2.24, 2.45) is 0 Å². The largest absolute Gasteiger partial charge is 0.472 e. The predicted octanol–water partition coefficient (Wildman–Crippen LogP) is 1.02. The lowest BCUT2D eigenvalue weighted by Crippen LogP contribution is -2.41. The summed E-state index contributed by atoms with van der Waals surface area (Å²) in [7, 11) is 3.66. The summed E-state index contributed by atoms with van der Waals surface area (Å²) in [5, 5.41) is 0. The molecule has 1 amide bonds. The number of carbonyl (C=O) groups is 1. The van der Waals surface area contributed by atoms with E-state index >= 15 is 0 Å². The van der Waals surface area contributed by atoms with Crippen LogP contribution in [0.25, 0.3) is 0 Å². The van der Waals surface area contributed by atoms with Gasteiger partial charge in [0.2, 0.25) is 5.91 Å². The lowest BCUT2D eigenvalue weighted by Gasteiger charge is -2.25. The molecule has 1 aromatic rings. The number of amides is 1. The molecule has 2 aliphatic heterocycles. The Labute approximate surface area is 120 Å². The molecule has 1 aromatic heterocycles. The molecule has 2 atom stereocenters. The zero-order chi connectivity index (χ0) is 14.1. The maximum Gasteiger partial charge on any atom is 0.236 e. The minimum Gasteiger partial charge on any atom is -0.472 e. The summed E-state index contributed by atoms with van der Waals surface area (Å²) >= 11 is 0. The molecule has 5 nitrogen and oxygen atoms in total. The number of nitrogens with zero attached hydrogens (tertiary/aromatic N) is 3. The third-order valence-corrected chi connectivity index (χ3v) is 4.61. The van der Waals surface area contributed by atoms with E-state index in [2.05, 4.69) is 9.80 Å². The van der Waals surface area contributed by atoms with Crippen molar-refractivity contribution in [3.05, 3.63) is 24.2 Å². The Hall–Kier alpha value is -1.33. The number of likely N-dealkylation sites (N-methyl/N-ethyl adjacent to an activating group) is 1. The summed E-state index contributed by atoms with van der Waals surface area (Å²) in [6.45, 7) is 3.69. The normalized spacial score (nSPS) is 26.9. The van der Waals surface area contributed by atoms with Gasteiger partial charge in [0.15, 0.2) is 0 Å². The van der Waals surface area contributed by atoms with Crippen LogP contribution in [0.15, 0.2) is 23.0 Å². The average molecular weight is 277 g/mol. The number of hydrogen-bond acceptors (Lipinski definition) is 4. The molecule has 0 aliphatic carbocycles. The highest BCUT2D eigenvalue weighted by Crippen LogP contribution is 2.32. The van der Waals surface area contributed by atoms with E-state index in [4.69, 9.17) is 4.42 Å². The molecule has 110 valence electrons. The van der Waals surface area contributed by atoms with Gasteiger partial charge in [0.25, 0.3) is 0 Å². The van der Waals surface area contributed by atoms with E-state index in [9.17, 15) is 4.79 Å². The van der Waals surface area contributed by atoms with Gasteiger partial charge in [-0.3, -0.25) is 14.6 Å². The summed E-state index contributed by atoms with van der Waals surface area (Å²) in [5.74, 6) is 0.207.